The van der Waals surface area contributed by atoms with E-state index in [0.29, 0.717) is 0 Å². The molecule has 0 N–H and O–H groups in total. The van der Waals surface area contributed by atoms with Gasteiger partial charge in [0.1, 0.15) is 5.60 Å². The average molecular weight is 250 g/mol. The van der Waals surface area contributed by atoms with Gasteiger partial charge in [0.15, 0.2) is 0 Å². The molecule has 0 heterocycles. The second-order valence-electron chi connectivity index (χ2n) is 6.40. The largest absolute Gasteiger partial charge is 0.469 e. The molecule has 4 aliphatic rings. The van der Waals surface area contributed by atoms with Gasteiger partial charge >= 0.3 is 5.97 Å². The molecule has 0 radical (unpaired) electrons. The van der Waals surface area contributed by atoms with Gasteiger partial charge in [0.2, 0.25) is 0 Å². The number of carbonyl (C=O) groups excluding carboxylic acids is 1. The summed E-state index contributed by atoms with van der Waals surface area (Å²) < 4.78 is 10.9. The summed E-state index contributed by atoms with van der Waals surface area (Å²) in [6, 6.07) is 0. The van der Waals surface area contributed by atoms with Gasteiger partial charge in [0.25, 0.3) is 0 Å². The van der Waals surface area contributed by atoms with Crippen LogP contribution in [0, 0.1) is 10.8 Å². The Balaban J connectivity index is 2.13. The van der Waals surface area contributed by atoms with Crippen LogP contribution in [0.5, 0.6) is 0 Å². The molecule has 1 spiro atoms. The molecule has 0 unspecified atom stereocenters. The Morgan fingerprint density at radius 1 is 1.28 bits per heavy atom. The molecule has 4 rings (SSSR count). The predicted octanol–water partition coefficient (Wildman–Crippen LogP) is 2.85. The van der Waals surface area contributed by atoms with Crippen molar-refractivity contribution in [2.45, 2.75) is 51.0 Å². The van der Waals surface area contributed by atoms with Crippen molar-refractivity contribution >= 4 is 5.97 Å². The van der Waals surface area contributed by atoms with Crippen molar-refractivity contribution in [3.8, 4) is 0 Å². The summed E-state index contributed by atoms with van der Waals surface area (Å²) in [6.45, 7) is 2.02. The van der Waals surface area contributed by atoms with Crippen molar-refractivity contribution in [2.75, 3.05) is 14.2 Å². The van der Waals surface area contributed by atoms with Gasteiger partial charge in [-0.3, -0.25) is 4.79 Å². The van der Waals surface area contributed by atoms with Crippen molar-refractivity contribution in [1.82, 2.24) is 0 Å². The minimum Gasteiger partial charge on any atom is -0.469 e. The molecule has 0 aromatic rings. The van der Waals surface area contributed by atoms with Crippen LogP contribution < -0.4 is 0 Å². The first kappa shape index (κ1) is 12.2. The maximum Gasteiger partial charge on any atom is 0.314 e. The highest BCUT2D eigenvalue weighted by molar-refractivity contribution is 5.80. The van der Waals surface area contributed by atoms with E-state index < -0.39 is 11.0 Å². The molecule has 2 fully saturated rings. The van der Waals surface area contributed by atoms with Gasteiger partial charge in [-0.05, 0) is 50.9 Å². The number of ether oxygens (including phenoxy) is 2. The van der Waals surface area contributed by atoms with Gasteiger partial charge in [-0.15, -0.1) is 0 Å². The first-order valence-electron chi connectivity index (χ1n) is 6.88. The first-order chi connectivity index (χ1) is 8.52. The Hall–Kier alpha value is -0.830. The quantitative estimate of drug-likeness (QED) is 0.558. The third-order valence-corrected chi connectivity index (χ3v) is 5.79. The van der Waals surface area contributed by atoms with Crippen molar-refractivity contribution in [2.24, 2.45) is 10.8 Å². The monoisotopic (exact) mass is 250 g/mol. The van der Waals surface area contributed by atoms with Crippen LogP contribution in [0.4, 0.5) is 0 Å². The Bertz CT molecular complexity index is 427. The molecular weight excluding hydrogens is 228 g/mol. The van der Waals surface area contributed by atoms with Crippen molar-refractivity contribution in [3.63, 3.8) is 0 Å². The zero-order chi connectivity index (χ0) is 13.0. The molecule has 0 amide bonds. The summed E-state index contributed by atoms with van der Waals surface area (Å²) in [7, 11) is 3.21. The fraction of sp³-hybridized carbons (Fsp3) is 0.800. The van der Waals surface area contributed by atoms with Crippen LogP contribution in [0.15, 0.2) is 11.6 Å². The van der Waals surface area contributed by atoms with Crippen molar-refractivity contribution in [1.29, 1.82) is 0 Å². The second-order valence-corrected chi connectivity index (χ2v) is 6.40. The van der Waals surface area contributed by atoms with E-state index in [1.54, 1.807) is 7.11 Å². The number of esters is 1. The van der Waals surface area contributed by atoms with Crippen LogP contribution >= 0.6 is 0 Å². The zero-order valence-corrected chi connectivity index (χ0v) is 11.5. The maximum atomic E-state index is 12.3. The number of fused-ring (bicyclic) bond motifs is 2. The van der Waals surface area contributed by atoms with Crippen molar-refractivity contribution < 1.29 is 14.3 Å². The highest BCUT2D eigenvalue weighted by atomic mass is 16.5. The van der Waals surface area contributed by atoms with Crippen LogP contribution in [0.3, 0.4) is 0 Å². The highest BCUT2D eigenvalue weighted by Gasteiger charge is 2.65. The molecule has 2 saturated carbocycles. The third-order valence-electron chi connectivity index (χ3n) is 5.79. The van der Waals surface area contributed by atoms with Gasteiger partial charge in [0, 0.05) is 7.11 Å². The average Bonchev–Trinajstić information content (AvgIpc) is 2.79. The molecule has 18 heavy (non-hydrogen) atoms. The molecule has 0 aromatic heterocycles. The summed E-state index contributed by atoms with van der Waals surface area (Å²) in [5.41, 5.74) is 0.838. The molecule has 3 heteroatoms. The second kappa shape index (κ2) is 3.60. The summed E-state index contributed by atoms with van der Waals surface area (Å²) >= 11 is 0. The van der Waals surface area contributed by atoms with Crippen LogP contribution in [0.1, 0.15) is 45.4 Å². The molecule has 0 aliphatic heterocycles. The summed E-state index contributed by atoms with van der Waals surface area (Å²) in [5.74, 6) is -0.120. The zero-order valence-electron chi connectivity index (χ0n) is 11.5. The van der Waals surface area contributed by atoms with E-state index in [2.05, 4.69) is 6.08 Å². The lowest BCUT2D eigenvalue weighted by Gasteiger charge is -2.58. The van der Waals surface area contributed by atoms with Crippen LogP contribution in [0.2, 0.25) is 0 Å². The predicted molar refractivity (Wildman–Crippen MR) is 68.1 cm³/mol. The van der Waals surface area contributed by atoms with Gasteiger partial charge in [0.05, 0.1) is 12.5 Å². The number of hydrogen-bond acceptors (Lipinski definition) is 3. The fourth-order valence-electron chi connectivity index (χ4n) is 4.74. The number of rotatable bonds is 2. The Morgan fingerprint density at radius 2 is 2.06 bits per heavy atom. The summed E-state index contributed by atoms with van der Waals surface area (Å²) in [6.07, 6.45) is 8.94. The minimum absolute atomic E-state index is 0.120. The van der Waals surface area contributed by atoms with Gasteiger partial charge in [-0.2, -0.15) is 0 Å². The molecule has 4 aliphatic carbocycles. The summed E-state index contributed by atoms with van der Waals surface area (Å²) in [5, 5.41) is 0. The standard InChI is InChI=1S/C15H22O3/c1-13(12(16)17-2)10-14-6-4-5-11(14)9-15(13,18-3)8-7-14/h9H,4-8,10H2,1-3H3/t13-,14+,15-/m1/s1. The third kappa shape index (κ3) is 1.21. The maximum absolute atomic E-state index is 12.3. The lowest BCUT2D eigenvalue weighted by Crippen LogP contribution is -2.61. The van der Waals surface area contributed by atoms with Gasteiger partial charge in [-0.25, -0.2) is 0 Å². The molecule has 3 atom stereocenters. The molecule has 100 valence electrons. The minimum atomic E-state index is -0.525. The lowest BCUT2D eigenvalue weighted by molar-refractivity contribution is -0.186. The molecule has 3 nitrogen and oxygen atoms in total. The smallest absolute Gasteiger partial charge is 0.314 e. The van der Waals surface area contributed by atoms with Crippen LogP contribution in [-0.4, -0.2) is 25.8 Å². The first-order valence-corrected chi connectivity index (χ1v) is 6.88. The van der Waals surface area contributed by atoms with E-state index in [-0.39, 0.29) is 11.4 Å². The fourth-order valence-corrected chi connectivity index (χ4v) is 4.74. The van der Waals surface area contributed by atoms with E-state index >= 15 is 0 Å². The Morgan fingerprint density at radius 3 is 2.72 bits per heavy atom. The van der Waals surface area contributed by atoms with Gasteiger partial charge < -0.3 is 9.47 Å². The van der Waals surface area contributed by atoms with Crippen LogP contribution in [-0.2, 0) is 14.3 Å². The van der Waals surface area contributed by atoms with Crippen LogP contribution in [0.25, 0.3) is 0 Å². The highest BCUT2D eigenvalue weighted by Crippen LogP contribution is 2.66. The number of carbonyl (C=O) groups is 1. The van der Waals surface area contributed by atoms with E-state index in [1.165, 1.54) is 38.4 Å². The van der Waals surface area contributed by atoms with E-state index in [0.717, 1.165) is 12.8 Å². The Kier molecular flexibility index (Phi) is 2.44. The van der Waals surface area contributed by atoms with Crippen molar-refractivity contribution in [3.05, 3.63) is 11.6 Å². The molecule has 0 aromatic carbocycles. The van der Waals surface area contributed by atoms with E-state index in [4.69, 9.17) is 9.47 Å². The number of methoxy groups -OCH3 is 2. The van der Waals surface area contributed by atoms with E-state index in [9.17, 15) is 4.79 Å². The SMILES string of the molecule is COC(=O)[C@@]1(C)C[C@@]23CCCC2=C[C@]1(OC)CC3. The summed E-state index contributed by atoms with van der Waals surface area (Å²) in [4.78, 5) is 12.3. The number of hydrogen-bond donors (Lipinski definition) is 0. The molecule has 0 saturated heterocycles. The van der Waals surface area contributed by atoms with Gasteiger partial charge in [-0.1, -0.05) is 11.6 Å². The lowest BCUT2D eigenvalue weighted by atomic mass is 9.49. The topological polar surface area (TPSA) is 35.5 Å². The Labute approximate surface area is 109 Å². The number of allylic oxidation sites excluding steroid dienone is 1. The normalized spacial score (nSPS) is 45.6. The van der Waals surface area contributed by atoms with E-state index in [1.807, 2.05) is 6.92 Å². The molecular formula is C15H22O3. The molecule has 2 bridgehead atoms.